The van der Waals surface area contributed by atoms with Crippen molar-refractivity contribution in [1.82, 2.24) is 30.6 Å². The zero-order valence-corrected chi connectivity index (χ0v) is 24.3. The molecule has 0 saturated carbocycles. The van der Waals surface area contributed by atoms with E-state index in [0.717, 1.165) is 17.1 Å². The van der Waals surface area contributed by atoms with Crippen molar-refractivity contribution in [1.29, 1.82) is 0 Å². The predicted octanol–water partition coefficient (Wildman–Crippen LogP) is 4.11. The Bertz CT molecular complexity index is 1590. The van der Waals surface area contributed by atoms with Gasteiger partial charge in [0.1, 0.15) is 5.70 Å². The molecule has 0 spiro atoms. The maximum Gasteiger partial charge on any atom is 0.455 e. The Kier molecular flexibility index (Phi) is 10.3. The number of benzene rings is 2. The van der Waals surface area contributed by atoms with Crippen molar-refractivity contribution in [3.05, 3.63) is 87.3 Å². The predicted molar refractivity (Wildman–Crippen MR) is 151 cm³/mol. The minimum Gasteiger partial charge on any atom is -0.452 e. The van der Waals surface area contributed by atoms with E-state index in [1.165, 1.54) is 37.4 Å². The van der Waals surface area contributed by atoms with Crippen LogP contribution in [0.2, 0.25) is 10.0 Å². The summed E-state index contributed by atoms with van der Waals surface area (Å²) in [5, 5.41) is 14.2. The molecule has 1 aromatic heterocycles. The van der Waals surface area contributed by atoms with Crippen LogP contribution in [-0.4, -0.2) is 57.3 Å². The van der Waals surface area contributed by atoms with E-state index >= 15 is 0 Å². The van der Waals surface area contributed by atoms with Crippen LogP contribution >= 0.6 is 23.2 Å². The van der Waals surface area contributed by atoms with Crippen LogP contribution in [-0.2, 0) is 22.3 Å². The van der Waals surface area contributed by atoms with E-state index in [9.17, 15) is 27.6 Å². The molecule has 13 nitrogen and oxygen atoms in total. The molecule has 0 aliphatic carbocycles. The molecule has 18 heteroatoms. The number of ether oxygens (including phenoxy) is 1. The molecule has 4 N–H and O–H groups in total. The first-order chi connectivity index (χ1) is 20.1. The highest BCUT2D eigenvalue weighted by atomic mass is 35.5. The quantitative estimate of drug-likeness (QED) is 0.142. The number of halogens is 5. The molecule has 0 fully saturated rings. The number of rotatable bonds is 8. The number of nitrogens with zero attached hydrogens (tertiary/aromatic N) is 6. The number of hydrogen-bond donors (Lipinski definition) is 3. The number of tetrazole rings is 1. The molecular formula is C25H24Cl2F3N9O4. The van der Waals surface area contributed by atoms with Gasteiger partial charge in [-0.3, -0.25) is 20.0 Å². The third-order valence-corrected chi connectivity index (χ3v) is 6.03. The molecule has 43 heavy (non-hydrogen) atoms. The first-order valence-electron chi connectivity index (χ1n) is 11.9. The summed E-state index contributed by atoms with van der Waals surface area (Å²) in [4.78, 5) is 39.2. The van der Waals surface area contributed by atoms with Gasteiger partial charge in [-0.2, -0.15) is 18.0 Å². The lowest BCUT2D eigenvalue weighted by Gasteiger charge is -2.24. The molecule has 228 valence electrons. The standard InChI is InChI=1S/C25H24Cl2F3N9O4/c1-13(12-38-35-23(33-36-38)25(28,29)30)9-19(39(31)18-8-6-5-7-17(18)27)22(41)32-20-14(2)10-15(26)11-16(20)21(40)34-37(3)24(42)43-4/h5-11H,1,12,31H2,2-4H3,(H,32,41)(H,34,40)/b19-9-. The van der Waals surface area contributed by atoms with Gasteiger partial charge < -0.3 is 10.1 Å². The third-order valence-electron chi connectivity index (χ3n) is 5.50. The van der Waals surface area contributed by atoms with Crippen molar-refractivity contribution >= 4 is 52.5 Å². The van der Waals surface area contributed by atoms with E-state index in [-0.39, 0.29) is 38.3 Å². The Morgan fingerprint density at radius 2 is 1.88 bits per heavy atom. The number of alkyl halides is 3. The monoisotopic (exact) mass is 641 g/mol. The number of anilines is 2. The van der Waals surface area contributed by atoms with Crippen LogP contribution in [0, 0.1) is 6.92 Å². The van der Waals surface area contributed by atoms with E-state index in [0.29, 0.717) is 10.4 Å². The van der Waals surface area contributed by atoms with Gasteiger partial charge in [0, 0.05) is 12.1 Å². The van der Waals surface area contributed by atoms with Crippen molar-refractivity contribution < 1.29 is 32.3 Å². The number of carbonyl (C=O) groups is 3. The zero-order chi connectivity index (χ0) is 32.1. The topological polar surface area (TPSA) is 161 Å². The molecule has 0 unspecified atom stereocenters. The molecule has 3 amide bonds. The molecule has 0 aliphatic rings. The van der Waals surface area contributed by atoms with Crippen molar-refractivity contribution in [3.8, 4) is 0 Å². The van der Waals surface area contributed by atoms with Gasteiger partial charge in [-0.1, -0.05) is 41.9 Å². The first kappa shape index (κ1) is 32.8. The molecular weight excluding hydrogens is 618 g/mol. The number of amides is 3. The SMILES string of the molecule is C=C(/C=C(/C(=O)Nc1c(C)cc(Cl)cc1C(=O)NN(C)C(=O)OC)N(N)c1ccccc1Cl)Cn1nnc(C(F)(F)F)n1. The molecule has 1 heterocycles. The van der Waals surface area contributed by atoms with Gasteiger partial charge in [0.05, 0.1) is 35.6 Å². The van der Waals surface area contributed by atoms with E-state index < -0.39 is 36.5 Å². The number of aromatic nitrogens is 4. The second-order valence-electron chi connectivity index (χ2n) is 8.72. The van der Waals surface area contributed by atoms with Crippen LogP contribution < -0.4 is 21.6 Å². The fraction of sp³-hybridized carbons (Fsp3) is 0.200. The van der Waals surface area contributed by atoms with Gasteiger partial charge in [0.15, 0.2) is 0 Å². The molecule has 0 saturated heterocycles. The summed E-state index contributed by atoms with van der Waals surface area (Å²) >= 11 is 12.4. The zero-order valence-electron chi connectivity index (χ0n) is 22.7. The smallest absolute Gasteiger partial charge is 0.452 e. The van der Waals surface area contributed by atoms with Gasteiger partial charge in [-0.15, -0.1) is 10.2 Å². The second-order valence-corrected chi connectivity index (χ2v) is 9.56. The highest BCUT2D eigenvalue weighted by molar-refractivity contribution is 6.33. The minimum atomic E-state index is -4.81. The number of hydrogen-bond acceptors (Lipinski definition) is 9. The largest absolute Gasteiger partial charge is 0.455 e. The molecule has 0 radical (unpaired) electrons. The molecule has 0 aliphatic heterocycles. The van der Waals surface area contributed by atoms with Gasteiger partial charge in [0.25, 0.3) is 17.6 Å². The average Bonchev–Trinajstić information content (AvgIpc) is 3.41. The summed E-state index contributed by atoms with van der Waals surface area (Å²) in [5.41, 5.74) is 2.47. The Hall–Kier alpha value is -4.67. The summed E-state index contributed by atoms with van der Waals surface area (Å²) in [5.74, 6) is 3.13. The Labute approximate surface area is 252 Å². The van der Waals surface area contributed by atoms with Crippen LogP contribution in [0.3, 0.4) is 0 Å². The summed E-state index contributed by atoms with van der Waals surface area (Å²) in [6, 6.07) is 8.99. The molecule has 0 bridgehead atoms. The van der Waals surface area contributed by atoms with Crippen molar-refractivity contribution in [2.45, 2.75) is 19.6 Å². The van der Waals surface area contributed by atoms with Crippen LogP contribution in [0.25, 0.3) is 0 Å². The number of nitrogens with two attached hydrogens (primary N) is 1. The number of allylic oxidation sites excluding steroid dienone is 2. The number of hydrazine groups is 2. The lowest BCUT2D eigenvalue weighted by atomic mass is 10.1. The van der Waals surface area contributed by atoms with Crippen LogP contribution in [0.4, 0.5) is 29.3 Å². The number of aryl methyl sites for hydroxylation is 1. The molecule has 3 rings (SSSR count). The second kappa shape index (κ2) is 13.5. The lowest BCUT2D eigenvalue weighted by Crippen LogP contribution is -2.43. The molecule has 3 aromatic rings. The van der Waals surface area contributed by atoms with Crippen LogP contribution in [0.15, 0.2) is 60.3 Å². The van der Waals surface area contributed by atoms with Crippen molar-refractivity contribution in [2.24, 2.45) is 5.84 Å². The van der Waals surface area contributed by atoms with Gasteiger partial charge >= 0.3 is 12.3 Å². The Morgan fingerprint density at radius 3 is 2.49 bits per heavy atom. The van der Waals surface area contributed by atoms with Crippen molar-refractivity contribution in [3.63, 3.8) is 0 Å². The number of carbonyl (C=O) groups excluding carboxylic acids is 3. The maximum absolute atomic E-state index is 13.7. The van der Waals surface area contributed by atoms with Gasteiger partial charge in [0.2, 0.25) is 0 Å². The highest BCUT2D eigenvalue weighted by Crippen LogP contribution is 2.30. The van der Waals surface area contributed by atoms with E-state index in [4.69, 9.17) is 29.0 Å². The van der Waals surface area contributed by atoms with E-state index in [1.807, 2.05) is 0 Å². The third kappa shape index (κ3) is 8.21. The van der Waals surface area contributed by atoms with E-state index in [1.54, 1.807) is 19.1 Å². The number of nitrogens with one attached hydrogen (secondary N) is 2. The summed E-state index contributed by atoms with van der Waals surface area (Å²) < 4.78 is 43.3. The number of para-hydroxylation sites is 1. The Morgan fingerprint density at radius 1 is 1.21 bits per heavy atom. The average molecular weight is 642 g/mol. The van der Waals surface area contributed by atoms with Crippen molar-refractivity contribution in [2.75, 3.05) is 24.5 Å². The summed E-state index contributed by atoms with van der Waals surface area (Å²) in [6.07, 6.45) is -4.51. The molecule has 2 aromatic carbocycles. The molecule has 0 atom stereocenters. The first-order valence-corrected chi connectivity index (χ1v) is 12.7. The number of methoxy groups -OCH3 is 1. The van der Waals surface area contributed by atoms with Crippen LogP contribution in [0.5, 0.6) is 0 Å². The van der Waals surface area contributed by atoms with E-state index in [2.05, 4.69) is 37.5 Å². The van der Waals surface area contributed by atoms with Crippen LogP contribution in [0.1, 0.15) is 21.7 Å². The lowest BCUT2D eigenvalue weighted by molar-refractivity contribution is -0.145. The highest BCUT2D eigenvalue weighted by Gasteiger charge is 2.36. The van der Waals surface area contributed by atoms with Gasteiger partial charge in [-0.05, 0) is 53.6 Å². The normalized spacial score (nSPS) is 11.5. The fourth-order valence-electron chi connectivity index (χ4n) is 3.53. The maximum atomic E-state index is 13.7. The summed E-state index contributed by atoms with van der Waals surface area (Å²) in [7, 11) is 2.36. The minimum absolute atomic E-state index is 0.00185. The Balaban J connectivity index is 2.01. The van der Waals surface area contributed by atoms with Gasteiger partial charge in [-0.25, -0.2) is 15.6 Å². The fourth-order valence-corrected chi connectivity index (χ4v) is 4.03. The summed E-state index contributed by atoms with van der Waals surface area (Å²) in [6.45, 7) is 4.93.